The van der Waals surface area contributed by atoms with E-state index >= 15 is 0 Å². The molecule has 0 radical (unpaired) electrons. The standard InChI is InChI=1S/C34H43N3O5S/c1-26-13-7-8-16-28(26)25-36(32(23-27-14-5-4-6-15-27)34(39)35-29-17-9-10-18-29)33(38)21-12-22-37(43(3,40)41)30-19-11-20-31(24-30)42-2/h4-8,11,13-16,19-20,24,29,32H,9-10,12,17-18,21-23,25H2,1-3H3,(H,35,39)/t32-/m0/s1. The van der Waals surface area contributed by atoms with Gasteiger partial charge < -0.3 is 15.0 Å². The minimum atomic E-state index is -3.61. The van der Waals surface area contributed by atoms with Crippen molar-refractivity contribution in [1.82, 2.24) is 10.2 Å². The highest BCUT2D eigenvalue weighted by atomic mass is 32.2. The topological polar surface area (TPSA) is 96.0 Å². The van der Waals surface area contributed by atoms with Crippen molar-refractivity contribution in [2.45, 2.75) is 70.5 Å². The van der Waals surface area contributed by atoms with Crippen molar-refractivity contribution in [3.63, 3.8) is 0 Å². The van der Waals surface area contributed by atoms with E-state index in [1.54, 1.807) is 29.2 Å². The number of carbonyl (C=O) groups excluding carboxylic acids is 2. The third-order valence-corrected chi connectivity index (χ3v) is 9.26. The van der Waals surface area contributed by atoms with Crippen molar-refractivity contribution in [3.05, 3.63) is 95.6 Å². The lowest BCUT2D eigenvalue weighted by Gasteiger charge is -2.33. The molecule has 0 heterocycles. The fourth-order valence-corrected chi connectivity index (χ4v) is 6.62. The van der Waals surface area contributed by atoms with Crippen molar-refractivity contribution in [3.8, 4) is 5.75 Å². The van der Waals surface area contributed by atoms with Gasteiger partial charge in [0.2, 0.25) is 21.8 Å². The normalized spacial score (nSPS) is 14.2. The summed E-state index contributed by atoms with van der Waals surface area (Å²) in [7, 11) is -2.08. The van der Waals surface area contributed by atoms with Crippen LogP contribution in [-0.4, -0.2) is 57.1 Å². The smallest absolute Gasteiger partial charge is 0.243 e. The Morgan fingerprint density at radius 2 is 1.67 bits per heavy atom. The van der Waals surface area contributed by atoms with Gasteiger partial charge in [0.25, 0.3) is 0 Å². The molecule has 1 saturated carbocycles. The molecule has 9 heteroatoms. The molecule has 1 aliphatic rings. The molecule has 3 aromatic carbocycles. The Morgan fingerprint density at radius 1 is 0.977 bits per heavy atom. The number of aryl methyl sites for hydroxylation is 1. The summed E-state index contributed by atoms with van der Waals surface area (Å²) in [5.41, 5.74) is 3.45. The second kappa shape index (κ2) is 15.0. The first-order valence-electron chi connectivity index (χ1n) is 15.0. The monoisotopic (exact) mass is 605 g/mol. The fourth-order valence-electron chi connectivity index (χ4n) is 5.66. The molecule has 0 aliphatic heterocycles. The first-order valence-corrected chi connectivity index (χ1v) is 16.8. The number of anilines is 1. The van der Waals surface area contributed by atoms with Gasteiger partial charge in [-0.2, -0.15) is 0 Å². The number of sulfonamides is 1. The number of benzene rings is 3. The number of carbonyl (C=O) groups is 2. The molecular formula is C34H43N3O5S. The van der Waals surface area contributed by atoms with Gasteiger partial charge in [-0.1, -0.05) is 73.5 Å². The molecule has 0 bridgehead atoms. The van der Waals surface area contributed by atoms with Crippen molar-refractivity contribution < 1.29 is 22.7 Å². The van der Waals surface area contributed by atoms with Gasteiger partial charge in [0.15, 0.2) is 0 Å². The zero-order valence-corrected chi connectivity index (χ0v) is 26.2. The van der Waals surface area contributed by atoms with E-state index < -0.39 is 16.1 Å². The number of hydrogen-bond donors (Lipinski definition) is 1. The summed E-state index contributed by atoms with van der Waals surface area (Å²) in [6, 6.07) is 23.9. The Bertz CT molecular complexity index is 1470. The minimum absolute atomic E-state index is 0.0872. The molecule has 2 amide bonds. The summed E-state index contributed by atoms with van der Waals surface area (Å²) in [5.74, 6) is 0.209. The summed E-state index contributed by atoms with van der Waals surface area (Å²) in [6.45, 7) is 2.40. The number of ether oxygens (including phenoxy) is 1. The van der Waals surface area contributed by atoms with E-state index in [2.05, 4.69) is 5.32 Å². The van der Waals surface area contributed by atoms with Crippen LogP contribution in [-0.2, 0) is 32.6 Å². The molecule has 230 valence electrons. The summed E-state index contributed by atoms with van der Waals surface area (Å²) >= 11 is 0. The van der Waals surface area contributed by atoms with E-state index in [0.717, 1.165) is 48.6 Å². The van der Waals surface area contributed by atoms with E-state index in [1.807, 2.05) is 61.5 Å². The van der Waals surface area contributed by atoms with Gasteiger partial charge in [-0.25, -0.2) is 8.42 Å². The van der Waals surface area contributed by atoms with Crippen LogP contribution in [0.4, 0.5) is 5.69 Å². The highest BCUT2D eigenvalue weighted by Gasteiger charge is 2.32. The van der Waals surface area contributed by atoms with Gasteiger partial charge >= 0.3 is 0 Å². The zero-order valence-electron chi connectivity index (χ0n) is 25.4. The van der Waals surface area contributed by atoms with Crippen LogP contribution in [0.25, 0.3) is 0 Å². The first-order chi connectivity index (χ1) is 20.7. The Morgan fingerprint density at radius 3 is 2.35 bits per heavy atom. The average Bonchev–Trinajstić information content (AvgIpc) is 3.50. The van der Waals surface area contributed by atoms with Crippen LogP contribution in [0.5, 0.6) is 5.75 Å². The highest BCUT2D eigenvalue weighted by molar-refractivity contribution is 7.92. The van der Waals surface area contributed by atoms with Crippen LogP contribution in [0.3, 0.4) is 0 Å². The minimum Gasteiger partial charge on any atom is -0.497 e. The van der Waals surface area contributed by atoms with E-state index in [1.165, 1.54) is 11.4 Å². The molecule has 1 atom stereocenters. The molecule has 0 aromatic heterocycles. The summed E-state index contributed by atoms with van der Waals surface area (Å²) in [6.07, 6.45) is 5.98. The number of nitrogens with one attached hydrogen (secondary N) is 1. The molecule has 1 fully saturated rings. The summed E-state index contributed by atoms with van der Waals surface area (Å²) < 4.78 is 32.0. The van der Waals surface area contributed by atoms with E-state index in [0.29, 0.717) is 17.9 Å². The van der Waals surface area contributed by atoms with Gasteiger partial charge in [-0.05, 0) is 55.0 Å². The Labute approximate surface area is 256 Å². The summed E-state index contributed by atoms with van der Waals surface area (Å²) in [4.78, 5) is 29.6. The molecule has 43 heavy (non-hydrogen) atoms. The Kier molecular flexibility index (Phi) is 11.2. The number of rotatable bonds is 14. The fraction of sp³-hybridized carbons (Fsp3) is 0.412. The van der Waals surface area contributed by atoms with E-state index in [4.69, 9.17) is 4.74 Å². The molecule has 8 nitrogen and oxygen atoms in total. The van der Waals surface area contributed by atoms with Crippen molar-refractivity contribution in [2.75, 3.05) is 24.2 Å². The second-order valence-electron chi connectivity index (χ2n) is 11.3. The van der Waals surface area contributed by atoms with Gasteiger partial charge in [-0.3, -0.25) is 13.9 Å². The quantitative estimate of drug-likeness (QED) is 0.271. The largest absolute Gasteiger partial charge is 0.497 e. The SMILES string of the molecule is COc1cccc(N(CCCC(=O)N(Cc2ccccc2C)[C@@H](Cc2ccccc2)C(=O)NC2CCCC2)S(C)(=O)=O)c1. The number of amides is 2. The van der Waals surface area contributed by atoms with Gasteiger partial charge in [0.05, 0.1) is 19.1 Å². The lowest BCUT2D eigenvalue weighted by molar-refractivity contribution is -0.141. The maximum absolute atomic E-state index is 14.1. The lowest BCUT2D eigenvalue weighted by Crippen LogP contribution is -2.52. The third kappa shape index (κ3) is 9.07. The number of methoxy groups -OCH3 is 1. The van der Waals surface area contributed by atoms with Crippen molar-refractivity contribution in [2.24, 2.45) is 0 Å². The Balaban J connectivity index is 1.59. The maximum atomic E-state index is 14.1. The third-order valence-electron chi connectivity index (χ3n) is 8.07. The second-order valence-corrected chi connectivity index (χ2v) is 13.2. The average molecular weight is 606 g/mol. The molecule has 1 N–H and O–H groups in total. The van der Waals surface area contributed by atoms with Crippen LogP contribution < -0.4 is 14.4 Å². The molecule has 3 aromatic rings. The predicted molar refractivity (Wildman–Crippen MR) is 170 cm³/mol. The zero-order chi connectivity index (χ0) is 30.8. The Hall–Kier alpha value is -3.85. The number of nitrogens with zero attached hydrogens (tertiary/aromatic N) is 2. The lowest BCUT2D eigenvalue weighted by atomic mass is 10.0. The molecule has 0 saturated heterocycles. The molecule has 0 unspecified atom stereocenters. The van der Waals surface area contributed by atoms with E-state index in [9.17, 15) is 18.0 Å². The van der Waals surface area contributed by atoms with Crippen LogP contribution in [0.1, 0.15) is 55.2 Å². The molecule has 4 rings (SSSR count). The molecular weight excluding hydrogens is 562 g/mol. The first kappa shape index (κ1) is 32.1. The predicted octanol–water partition coefficient (Wildman–Crippen LogP) is 5.25. The van der Waals surface area contributed by atoms with Crippen LogP contribution in [0.15, 0.2) is 78.9 Å². The van der Waals surface area contributed by atoms with Gasteiger partial charge in [0, 0.05) is 38.0 Å². The van der Waals surface area contributed by atoms with Gasteiger partial charge in [-0.15, -0.1) is 0 Å². The van der Waals surface area contributed by atoms with Crippen LogP contribution >= 0.6 is 0 Å². The van der Waals surface area contributed by atoms with E-state index in [-0.39, 0.29) is 43.8 Å². The molecule has 0 spiro atoms. The summed E-state index contributed by atoms with van der Waals surface area (Å²) in [5, 5.41) is 3.23. The maximum Gasteiger partial charge on any atom is 0.243 e. The van der Waals surface area contributed by atoms with Crippen LogP contribution in [0, 0.1) is 6.92 Å². The van der Waals surface area contributed by atoms with Crippen molar-refractivity contribution in [1.29, 1.82) is 0 Å². The highest BCUT2D eigenvalue weighted by Crippen LogP contribution is 2.25. The van der Waals surface area contributed by atoms with Crippen LogP contribution in [0.2, 0.25) is 0 Å². The number of hydrogen-bond acceptors (Lipinski definition) is 5. The van der Waals surface area contributed by atoms with Gasteiger partial charge in [0.1, 0.15) is 11.8 Å². The van der Waals surface area contributed by atoms with Crippen molar-refractivity contribution >= 4 is 27.5 Å². The molecule has 1 aliphatic carbocycles.